The van der Waals surface area contributed by atoms with E-state index in [4.69, 9.17) is 19.4 Å². The van der Waals surface area contributed by atoms with E-state index in [2.05, 4.69) is 12.1 Å². The highest BCUT2D eigenvalue weighted by Crippen LogP contribution is 2.23. The van der Waals surface area contributed by atoms with Crippen molar-refractivity contribution in [1.29, 1.82) is 0 Å². The highest BCUT2D eigenvalue weighted by atomic mass is 16.5. The van der Waals surface area contributed by atoms with E-state index >= 15 is 0 Å². The van der Waals surface area contributed by atoms with Gasteiger partial charge in [-0.1, -0.05) is 72.8 Å². The molecule has 5 heteroatoms. The van der Waals surface area contributed by atoms with Crippen molar-refractivity contribution < 1.29 is 14.3 Å². The van der Waals surface area contributed by atoms with E-state index in [1.54, 1.807) is 6.20 Å². The van der Waals surface area contributed by atoms with Gasteiger partial charge in [-0.15, -0.1) is 0 Å². The maximum absolute atomic E-state index is 13.0. The molecule has 4 aromatic carbocycles. The lowest BCUT2D eigenvalue weighted by atomic mass is 10.0. The molecule has 0 atom stereocenters. The van der Waals surface area contributed by atoms with Gasteiger partial charge in [-0.05, 0) is 60.0 Å². The molecule has 5 nitrogen and oxygen atoms in total. The zero-order chi connectivity index (χ0) is 27.6. The SMILES string of the molecule is CCOc1ccc(CC(=O)Cc2ncc(-c3ccc(OCc4ccccc4)cc3)nc2Cc2ccccc2)cc1. The van der Waals surface area contributed by atoms with Gasteiger partial charge in [0.25, 0.3) is 0 Å². The maximum atomic E-state index is 13.0. The molecule has 0 aliphatic carbocycles. The molecule has 1 heterocycles. The molecule has 40 heavy (non-hydrogen) atoms. The Morgan fingerprint density at radius 2 is 1.27 bits per heavy atom. The third kappa shape index (κ3) is 7.41. The lowest BCUT2D eigenvalue weighted by Crippen LogP contribution is -2.12. The molecule has 0 fully saturated rings. The Balaban J connectivity index is 1.32. The van der Waals surface area contributed by atoms with Crippen LogP contribution in [0.2, 0.25) is 0 Å². The second-order valence-electron chi connectivity index (χ2n) is 9.58. The van der Waals surface area contributed by atoms with Crippen molar-refractivity contribution in [3.8, 4) is 22.8 Å². The quantitative estimate of drug-likeness (QED) is 0.173. The first-order valence-corrected chi connectivity index (χ1v) is 13.6. The Bertz CT molecular complexity index is 1520. The number of rotatable bonds is 12. The van der Waals surface area contributed by atoms with Crippen LogP contribution in [-0.2, 0) is 30.7 Å². The van der Waals surface area contributed by atoms with Gasteiger partial charge in [-0.2, -0.15) is 0 Å². The molecule has 0 N–H and O–H groups in total. The number of Topliss-reactive ketones (excluding diaryl/α,β-unsaturated/α-hetero) is 1. The number of carbonyl (C=O) groups excluding carboxylic acids is 1. The van der Waals surface area contributed by atoms with Crippen molar-refractivity contribution in [2.75, 3.05) is 6.61 Å². The zero-order valence-electron chi connectivity index (χ0n) is 22.6. The monoisotopic (exact) mass is 528 g/mol. The topological polar surface area (TPSA) is 61.3 Å². The van der Waals surface area contributed by atoms with Gasteiger partial charge in [-0.25, -0.2) is 4.98 Å². The molecule has 5 aromatic rings. The smallest absolute Gasteiger partial charge is 0.143 e. The van der Waals surface area contributed by atoms with E-state index in [1.165, 1.54) is 0 Å². The molecule has 0 aliphatic heterocycles. The Hall–Kier alpha value is -4.77. The molecule has 0 bridgehead atoms. The number of aromatic nitrogens is 2. The first-order valence-electron chi connectivity index (χ1n) is 13.6. The maximum Gasteiger partial charge on any atom is 0.143 e. The minimum atomic E-state index is 0.0976. The van der Waals surface area contributed by atoms with Crippen molar-refractivity contribution in [1.82, 2.24) is 9.97 Å². The van der Waals surface area contributed by atoms with Crippen LogP contribution in [0.3, 0.4) is 0 Å². The highest BCUT2D eigenvalue weighted by Gasteiger charge is 2.15. The van der Waals surface area contributed by atoms with Crippen LogP contribution in [0.1, 0.15) is 35.0 Å². The van der Waals surface area contributed by atoms with Crippen molar-refractivity contribution in [3.05, 3.63) is 143 Å². The molecular formula is C35H32N2O3. The largest absolute Gasteiger partial charge is 0.494 e. The highest BCUT2D eigenvalue weighted by molar-refractivity contribution is 5.83. The van der Waals surface area contributed by atoms with Gasteiger partial charge in [0.1, 0.15) is 23.9 Å². The standard InChI is InChI=1S/C35H32N2O3/c1-2-39-31-17-13-27(14-18-31)21-30(38)23-33-34(22-26-9-5-3-6-10-26)37-35(24-36-33)29-15-19-32(20-16-29)40-25-28-11-7-4-8-12-28/h3-20,24H,2,21-23,25H2,1H3. The molecule has 0 saturated carbocycles. The average Bonchev–Trinajstić information content (AvgIpc) is 2.99. The molecular weight excluding hydrogens is 496 g/mol. The van der Waals surface area contributed by atoms with Gasteiger partial charge in [0.2, 0.25) is 0 Å². The summed E-state index contributed by atoms with van der Waals surface area (Å²) in [4.78, 5) is 22.8. The minimum Gasteiger partial charge on any atom is -0.494 e. The Morgan fingerprint density at radius 3 is 1.95 bits per heavy atom. The van der Waals surface area contributed by atoms with Crippen LogP contribution in [0, 0.1) is 0 Å². The summed E-state index contributed by atoms with van der Waals surface area (Å²) in [5, 5.41) is 0. The number of carbonyl (C=O) groups is 1. The molecule has 0 unspecified atom stereocenters. The molecule has 0 amide bonds. The number of hydrogen-bond donors (Lipinski definition) is 0. The zero-order valence-corrected chi connectivity index (χ0v) is 22.6. The Labute approximate surface area is 235 Å². The fourth-order valence-electron chi connectivity index (χ4n) is 4.48. The van der Waals surface area contributed by atoms with Gasteiger partial charge in [0, 0.05) is 18.4 Å². The third-order valence-electron chi connectivity index (χ3n) is 6.54. The van der Waals surface area contributed by atoms with Crippen molar-refractivity contribution in [2.24, 2.45) is 0 Å². The minimum absolute atomic E-state index is 0.0976. The van der Waals surface area contributed by atoms with Crippen LogP contribution in [-0.4, -0.2) is 22.4 Å². The fourth-order valence-corrected chi connectivity index (χ4v) is 4.48. The summed E-state index contributed by atoms with van der Waals surface area (Å²) in [6.45, 7) is 3.08. The number of hydrogen-bond acceptors (Lipinski definition) is 5. The van der Waals surface area contributed by atoms with E-state index in [9.17, 15) is 4.79 Å². The van der Waals surface area contributed by atoms with Crippen LogP contribution in [0.25, 0.3) is 11.3 Å². The van der Waals surface area contributed by atoms with Crippen LogP contribution in [0.15, 0.2) is 115 Å². The van der Waals surface area contributed by atoms with E-state index < -0.39 is 0 Å². The fraction of sp³-hybridized carbons (Fsp3) is 0.171. The second kappa shape index (κ2) is 13.3. The lowest BCUT2D eigenvalue weighted by molar-refractivity contribution is -0.117. The average molecular weight is 529 g/mol. The summed E-state index contributed by atoms with van der Waals surface area (Å²) in [6.07, 6.45) is 2.93. The van der Waals surface area contributed by atoms with Crippen molar-refractivity contribution >= 4 is 5.78 Å². The van der Waals surface area contributed by atoms with E-state index in [1.807, 2.05) is 104 Å². The molecule has 0 aliphatic rings. The Morgan fingerprint density at radius 1 is 0.650 bits per heavy atom. The summed E-state index contributed by atoms with van der Waals surface area (Å²) in [5.41, 5.74) is 6.44. The predicted octanol–water partition coefficient (Wildman–Crippen LogP) is 7.07. The number of benzene rings is 4. The van der Waals surface area contributed by atoms with Gasteiger partial charge < -0.3 is 9.47 Å². The first kappa shape index (κ1) is 26.8. The van der Waals surface area contributed by atoms with E-state index in [0.717, 1.165) is 45.1 Å². The van der Waals surface area contributed by atoms with Crippen molar-refractivity contribution in [3.63, 3.8) is 0 Å². The van der Waals surface area contributed by atoms with E-state index in [-0.39, 0.29) is 12.2 Å². The van der Waals surface area contributed by atoms with Crippen LogP contribution < -0.4 is 9.47 Å². The summed E-state index contributed by atoms with van der Waals surface area (Å²) in [7, 11) is 0. The van der Waals surface area contributed by atoms with Crippen LogP contribution >= 0.6 is 0 Å². The summed E-state index contributed by atoms with van der Waals surface area (Å²) in [5.74, 6) is 1.70. The van der Waals surface area contributed by atoms with Crippen molar-refractivity contribution in [2.45, 2.75) is 32.8 Å². The number of nitrogens with zero attached hydrogens (tertiary/aromatic N) is 2. The number of ether oxygens (including phenoxy) is 2. The molecule has 0 radical (unpaired) electrons. The molecule has 0 spiro atoms. The molecule has 0 saturated heterocycles. The Kier molecular flexibility index (Phi) is 8.95. The van der Waals surface area contributed by atoms with Gasteiger partial charge in [-0.3, -0.25) is 9.78 Å². The summed E-state index contributed by atoms with van der Waals surface area (Å²) in [6, 6.07) is 35.8. The van der Waals surface area contributed by atoms with Gasteiger partial charge >= 0.3 is 0 Å². The molecule has 200 valence electrons. The van der Waals surface area contributed by atoms with E-state index in [0.29, 0.717) is 31.7 Å². The lowest BCUT2D eigenvalue weighted by Gasteiger charge is -2.12. The molecule has 5 rings (SSSR count). The summed E-state index contributed by atoms with van der Waals surface area (Å²) < 4.78 is 11.4. The number of ketones is 1. The third-order valence-corrected chi connectivity index (χ3v) is 6.54. The van der Waals surface area contributed by atoms with Crippen LogP contribution in [0.5, 0.6) is 11.5 Å². The second-order valence-corrected chi connectivity index (χ2v) is 9.58. The van der Waals surface area contributed by atoms with Crippen LogP contribution in [0.4, 0.5) is 0 Å². The summed E-state index contributed by atoms with van der Waals surface area (Å²) >= 11 is 0. The van der Waals surface area contributed by atoms with Gasteiger partial charge in [0.15, 0.2) is 0 Å². The predicted molar refractivity (Wildman–Crippen MR) is 158 cm³/mol. The molecule has 1 aromatic heterocycles. The first-order chi connectivity index (χ1) is 19.7. The normalized spacial score (nSPS) is 10.7. The van der Waals surface area contributed by atoms with Gasteiger partial charge in [0.05, 0.1) is 36.3 Å².